The molecule has 120 valence electrons. The predicted octanol–water partition coefficient (Wildman–Crippen LogP) is 2.21. The Balaban J connectivity index is 1.99. The highest BCUT2D eigenvalue weighted by atomic mass is 16.3. The number of benzene rings is 2. The van der Waals surface area contributed by atoms with Crippen molar-refractivity contribution in [3.05, 3.63) is 52.2 Å². The number of hydrogen-bond acceptors (Lipinski definition) is 5. The average molecular weight is 311 g/mol. The van der Waals surface area contributed by atoms with E-state index in [0.717, 1.165) is 24.3 Å². The smallest absolute Gasteiger partial charge is 0.202 e. The third-order valence-electron chi connectivity index (χ3n) is 3.79. The number of fused-ring (bicyclic) bond motifs is 2. The monoisotopic (exact) mass is 311 g/mol. The Morgan fingerprint density at radius 2 is 1.96 bits per heavy atom. The largest absolute Gasteiger partial charge is 0.456 e. The first-order valence-electron chi connectivity index (χ1n) is 7.81. The Hall–Kier alpha value is -2.37. The van der Waals surface area contributed by atoms with E-state index >= 15 is 0 Å². The van der Waals surface area contributed by atoms with E-state index in [0.29, 0.717) is 35.0 Å². The second-order valence-corrected chi connectivity index (χ2v) is 5.57. The second-order valence-electron chi connectivity index (χ2n) is 5.57. The zero-order chi connectivity index (χ0) is 16.2. The molecular weight excluding hydrogens is 290 g/mol. The predicted molar refractivity (Wildman–Crippen MR) is 95.1 cm³/mol. The van der Waals surface area contributed by atoms with Crippen LogP contribution in [0.15, 0.2) is 45.6 Å². The van der Waals surface area contributed by atoms with Crippen LogP contribution in [0.2, 0.25) is 0 Å². The summed E-state index contributed by atoms with van der Waals surface area (Å²) in [5, 5.41) is 7.72. The van der Waals surface area contributed by atoms with Gasteiger partial charge < -0.3 is 20.8 Å². The Bertz CT molecular complexity index is 886. The molecule has 0 fully saturated rings. The molecule has 0 aliphatic heterocycles. The summed E-state index contributed by atoms with van der Waals surface area (Å²) in [6.45, 7) is 4.87. The van der Waals surface area contributed by atoms with Crippen LogP contribution in [0, 0.1) is 6.92 Å². The van der Waals surface area contributed by atoms with Crippen LogP contribution in [0.1, 0.15) is 5.56 Å². The fourth-order valence-electron chi connectivity index (χ4n) is 2.67. The van der Waals surface area contributed by atoms with Gasteiger partial charge in [-0.1, -0.05) is 12.1 Å². The van der Waals surface area contributed by atoms with E-state index in [4.69, 9.17) is 10.2 Å². The van der Waals surface area contributed by atoms with Crippen molar-refractivity contribution in [1.29, 1.82) is 0 Å². The molecule has 4 N–H and O–H groups in total. The number of hydrogen-bond donors (Lipinski definition) is 3. The van der Waals surface area contributed by atoms with E-state index in [1.165, 1.54) is 0 Å². The van der Waals surface area contributed by atoms with Gasteiger partial charge in [0, 0.05) is 31.9 Å². The quantitative estimate of drug-likeness (QED) is 0.480. The van der Waals surface area contributed by atoms with Crippen molar-refractivity contribution in [3.8, 4) is 0 Å². The molecule has 3 aromatic rings. The van der Waals surface area contributed by atoms with Crippen molar-refractivity contribution in [2.45, 2.75) is 6.92 Å². The molecule has 0 aliphatic carbocycles. The summed E-state index contributed by atoms with van der Waals surface area (Å²) in [5.74, 6) is 0. The SMILES string of the molecule is Cc1ccc2c(=O)c3c(NCCNCCN)cccc3oc2c1. The lowest BCUT2D eigenvalue weighted by molar-refractivity contribution is 0.659. The number of anilines is 1. The van der Waals surface area contributed by atoms with Crippen LogP contribution in [0.4, 0.5) is 5.69 Å². The lowest BCUT2D eigenvalue weighted by atomic mass is 10.1. The standard InChI is InChI=1S/C18H21N3O2/c1-12-5-6-13-16(11-12)23-15-4-2-3-14(17(15)18(13)22)21-10-9-20-8-7-19/h2-6,11,20-21H,7-10,19H2,1H3. The molecule has 5 heteroatoms. The molecule has 2 aromatic carbocycles. The molecule has 1 aromatic heterocycles. The second kappa shape index (κ2) is 6.81. The Morgan fingerprint density at radius 3 is 2.78 bits per heavy atom. The van der Waals surface area contributed by atoms with E-state index < -0.39 is 0 Å². The van der Waals surface area contributed by atoms with Crippen LogP contribution in [-0.4, -0.2) is 26.2 Å². The van der Waals surface area contributed by atoms with Gasteiger partial charge in [0.2, 0.25) is 5.43 Å². The van der Waals surface area contributed by atoms with Gasteiger partial charge in [0.15, 0.2) is 0 Å². The normalized spacial score (nSPS) is 11.2. The van der Waals surface area contributed by atoms with E-state index in [9.17, 15) is 4.79 Å². The molecule has 0 radical (unpaired) electrons. The molecule has 0 bridgehead atoms. The number of aryl methyl sites for hydroxylation is 1. The summed E-state index contributed by atoms with van der Waals surface area (Å²) < 4.78 is 5.92. The van der Waals surface area contributed by atoms with E-state index in [2.05, 4.69) is 10.6 Å². The van der Waals surface area contributed by atoms with Gasteiger partial charge in [-0.2, -0.15) is 0 Å². The van der Waals surface area contributed by atoms with Gasteiger partial charge in [-0.05, 0) is 36.8 Å². The summed E-state index contributed by atoms with van der Waals surface area (Å²) in [6, 6.07) is 11.3. The van der Waals surface area contributed by atoms with Gasteiger partial charge in [0.05, 0.1) is 10.8 Å². The summed E-state index contributed by atoms with van der Waals surface area (Å²) in [5.41, 5.74) is 8.54. The molecule has 5 nitrogen and oxygen atoms in total. The topological polar surface area (TPSA) is 80.3 Å². The van der Waals surface area contributed by atoms with Crippen LogP contribution < -0.4 is 21.8 Å². The third-order valence-corrected chi connectivity index (χ3v) is 3.79. The van der Waals surface area contributed by atoms with Crippen LogP contribution in [0.5, 0.6) is 0 Å². The fourth-order valence-corrected chi connectivity index (χ4v) is 2.67. The molecule has 0 aliphatic rings. The van der Waals surface area contributed by atoms with E-state index in [-0.39, 0.29) is 5.43 Å². The molecule has 0 spiro atoms. The maximum Gasteiger partial charge on any atom is 0.202 e. The molecule has 0 saturated carbocycles. The number of nitrogens with one attached hydrogen (secondary N) is 2. The van der Waals surface area contributed by atoms with Gasteiger partial charge in [0.25, 0.3) is 0 Å². The zero-order valence-corrected chi connectivity index (χ0v) is 13.2. The molecule has 0 amide bonds. The third kappa shape index (κ3) is 3.21. The van der Waals surface area contributed by atoms with Crippen molar-refractivity contribution < 1.29 is 4.42 Å². The van der Waals surface area contributed by atoms with E-state index in [1.807, 2.05) is 43.3 Å². The minimum absolute atomic E-state index is 0.000678. The lowest BCUT2D eigenvalue weighted by Gasteiger charge is -2.10. The average Bonchev–Trinajstić information content (AvgIpc) is 2.54. The summed E-state index contributed by atoms with van der Waals surface area (Å²) in [6.07, 6.45) is 0. The van der Waals surface area contributed by atoms with Crippen molar-refractivity contribution >= 4 is 27.6 Å². The maximum atomic E-state index is 12.8. The van der Waals surface area contributed by atoms with E-state index in [1.54, 1.807) is 0 Å². The number of nitrogens with two attached hydrogens (primary N) is 1. The summed E-state index contributed by atoms with van der Waals surface area (Å²) in [4.78, 5) is 12.8. The van der Waals surface area contributed by atoms with Gasteiger partial charge >= 0.3 is 0 Å². The van der Waals surface area contributed by atoms with Crippen LogP contribution in [-0.2, 0) is 0 Å². The van der Waals surface area contributed by atoms with Gasteiger partial charge in [0.1, 0.15) is 11.2 Å². The van der Waals surface area contributed by atoms with Gasteiger partial charge in [-0.25, -0.2) is 0 Å². The first kappa shape index (κ1) is 15.5. The van der Waals surface area contributed by atoms with Crippen molar-refractivity contribution in [1.82, 2.24) is 5.32 Å². The fraction of sp³-hybridized carbons (Fsp3) is 0.278. The Kier molecular flexibility index (Phi) is 4.60. The lowest BCUT2D eigenvalue weighted by Crippen LogP contribution is -2.27. The summed E-state index contributed by atoms with van der Waals surface area (Å²) >= 11 is 0. The molecule has 0 unspecified atom stereocenters. The minimum atomic E-state index is -0.000678. The minimum Gasteiger partial charge on any atom is -0.456 e. The first-order valence-corrected chi connectivity index (χ1v) is 7.81. The highest BCUT2D eigenvalue weighted by molar-refractivity contribution is 5.97. The Labute approximate surface area is 134 Å². The molecular formula is C18H21N3O2. The molecule has 1 heterocycles. The van der Waals surface area contributed by atoms with Crippen LogP contribution >= 0.6 is 0 Å². The van der Waals surface area contributed by atoms with Crippen LogP contribution in [0.25, 0.3) is 21.9 Å². The molecule has 23 heavy (non-hydrogen) atoms. The Morgan fingerprint density at radius 1 is 1.09 bits per heavy atom. The highest BCUT2D eigenvalue weighted by Gasteiger charge is 2.11. The molecule has 3 rings (SSSR count). The maximum absolute atomic E-state index is 12.8. The number of rotatable bonds is 6. The van der Waals surface area contributed by atoms with Crippen molar-refractivity contribution in [2.75, 3.05) is 31.5 Å². The molecule has 0 atom stereocenters. The van der Waals surface area contributed by atoms with Crippen molar-refractivity contribution in [3.63, 3.8) is 0 Å². The zero-order valence-electron chi connectivity index (χ0n) is 13.2. The summed E-state index contributed by atoms with van der Waals surface area (Å²) in [7, 11) is 0. The van der Waals surface area contributed by atoms with Gasteiger partial charge in [-0.15, -0.1) is 0 Å². The highest BCUT2D eigenvalue weighted by Crippen LogP contribution is 2.24. The van der Waals surface area contributed by atoms with Gasteiger partial charge in [-0.3, -0.25) is 4.79 Å². The molecule has 0 saturated heterocycles. The first-order chi connectivity index (χ1) is 11.2. The van der Waals surface area contributed by atoms with Crippen molar-refractivity contribution in [2.24, 2.45) is 5.73 Å². The van der Waals surface area contributed by atoms with Crippen LogP contribution in [0.3, 0.4) is 0 Å².